The summed E-state index contributed by atoms with van der Waals surface area (Å²) in [4.78, 5) is 14.3. The molecule has 1 aromatic carbocycles. The number of aromatic nitrogens is 1. The summed E-state index contributed by atoms with van der Waals surface area (Å²) in [6.45, 7) is 1.79. The van der Waals surface area contributed by atoms with Crippen LogP contribution < -0.4 is 10.5 Å². The average Bonchev–Trinajstić information content (AvgIpc) is 2.71. The molecular formula is C13H13ClN2O2. The van der Waals surface area contributed by atoms with Gasteiger partial charge in [0, 0.05) is 17.0 Å². The molecule has 18 heavy (non-hydrogen) atoms. The van der Waals surface area contributed by atoms with Crippen LogP contribution in [0.3, 0.4) is 0 Å². The molecule has 1 heterocycles. The summed E-state index contributed by atoms with van der Waals surface area (Å²) >= 11 is 6.17. The smallest absolute Gasteiger partial charge is 0.250 e. The largest absolute Gasteiger partial charge is 0.497 e. The van der Waals surface area contributed by atoms with E-state index in [0.717, 1.165) is 17.0 Å². The molecule has 0 saturated heterocycles. The minimum absolute atomic E-state index is 0.459. The van der Waals surface area contributed by atoms with Crippen molar-refractivity contribution < 1.29 is 9.53 Å². The SMILES string of the molecule is COc1ccc(-c2cc(C(N)=O)c(C)[nH]2)c(Cl)c1. The molecule has 0 unspecified atom stereocenters. The van der Waals surface area contributed by atoms with Crippen molar-refractivity contribution >= 4 is 17.5 Å². The Labute approximate surface area is 110 Å². The Hall–Kier alpha value is -1.94. The lowest BCUT2D eigenvalue weighted by Crippen LogP contribution is -2.10. The summed E-state index contributed by atoms with van der Waals surface area (Å²) in [5, 5.41) is 0.548. The lowest BCUT2D eigenvalue weighted by molar-refractivity contribution is 0.1000. The summed E-state index contributed by atoms with van der Waals surface area (Å²) in [5.41, 5.74) is 8.03. The fourth-order valence-electron chi connectivity index (χ4n) is 1.80. The van der Waals surface area contributed by atoms with Gasteiger partial charge in [0.25, 0.3) is 5.91 Å². The van der Waals surface area contributed by atoms with E-state index in [1.165, 1.54) is 0 Å². The number of H-pyrrole nitrogens is 1. The van der Waals surface area contributed by atoms with Crippen LogP contribution in [-0.2, 0) is 0 Å². The van der Waals surface area contributed by atoms with Crippen LogP contribution in [0.15, 0.2) is 24.3 Å². The standard InChI is InChI=1S/C13H13ClN2O2/c1-7-10(13(15)17)6-12(16-7)9-4-3-8(18-2)5-11(9)14/h3-6,16H,1-2H3,(H2,15,17). The van der Waals surface area contributed by atoms with Crippen molar-refractivity contribution in [3.63, 3.8) is 0 Å². The first-order chi connectivity index (χ1) is 8.52. The van der Waals surface area contributed by atoms with Crippen LogP contribution in [0, 0.1) is 6.92 Å². The molecule has 1 aromatic heterocycles. The van der Waals surface area contributed by atoms with Gasteiger partial charge in [0.15, 0.2) is 0 Å². The van der Waals surface area contributed by atoms with Crippen molar-refractivity contribution in [2.24, 2.45) is 5.73 Å². The molecule has 0 fully saturated rings. The molecule has 0 radical (unpaired) electrons. The van der Waals surface area contributed by atoms with E-state index >= 15 is 0 Å². The summed E-state index contributed by atoms with van der Waals surface area (Å²) in [6, 6.07) is 7.06. The number of carbonyl (C=O) groups is 1. The fourth-order valence-corrected chi connectivity index (χ4v) is 2.07. The van der Waals surface area contributed by atoms with Gasteiger partial charge in [-0.1, -0.05) is 11.6 Å². The Morgan fingerprint density at radius 2 is 2.11 bits per heavy atom. The summed E-state index contributed by atoms with van der Waals surface area (Å²) in [6.07, 6.45) is 0. The fraction of sp³-hybridized carbons (Fsp3) is 0.154. The van der Waals surface area contributed by atoms with Gasteiger partial charge in [0.1, 0.15) is 5.75 Å². The third-order valence-corrected chi connectivity index (χ3v) is 3.06. The summed E-state index contributed by atoms with van der Waals surface area (Å²) in [5.74, 6) is 0.224. The maximum Gasteiger partial charge on any atom is 0.250 e. The van der Waals surface area contributed by atoms with Crippen LogP contribution in [0.1, 0.15) is 16.1 Å². The number of hydrogen-bond acceptors (Lipinski definition) is 2. The highest BCUT2D eigenvalue weighted by atomic mass is 35.5. The second-order valence-electron chi connectivity index (χ2n) is 3.93. The van der Waals surface area contributed by atoms with Crippen LogP contribution >= 0.6 is 11.6 Å². The van der Waals surface area contributed by atoms with Gasteiger partial charge in [-0.15, -0.1) is 0 Å². The molecule has 94 valence electrons. The van der Waals surface area contributed by atoms with E-state index in [1.54, 1.807) is 32.2 Å². The van der Waals surface area contributed by atoms with E-state index in [4.69, 9.17) is 22.1 Å². The molecule has 5 heteroatoms. The number of primary amides is 1. The van der Waals surface area contributed by atoms with E-state index in [-0.39, 0.29) is 0 Å². The Balaban J connectivity index is 2.49. The van der Waals surface area contributed by atoms with Gasteiger partial charge < -0.3 is 15.5 Å². The van der Waals surface area contributed by atoms with Crippen LogP contribution in [0.4, 0.5) is 0 Å². The third-order valence-electron chi connectivity index (χ3n) is 2.75. The number of amides is 1. The zero-order chi connectivity index (χ0) is 13.3. The van der Waals surface area contributed by atoms with Gasteiger partial charge in [-0.3, -0.25) is 4.79 Å². The molecule has 0 aliphatic rings. The number of aryl methyl sites for hydroxylation is 1. The quantitative estimate of drug-likeness (QED) is 0.895. The Bertz CT molecular complexity index is 605. The zero-order valence-corrected chi connectivity index (χ0v) is 10.8. The first-order valence-corrected chi connectivity index (χ1v) is 5.74. The van der Waals surface area contributed by atoms with E-state index in [2.05, 4.69) is 4.98 Å². The molecule has 3 N–H and O–H groups in total. The predicted molar refractivity (Wildman–Crippen MR) is 71.0 cm³/mol. The van der Waals surface area contributed by atoms with Crippen molar-refractivity contribution in [3.05, 3.63) is 40.5 Å². The first kappa shape index (κ1) is 12.5. The summed E-state index contributed by atoms with van der Waals surface area (Å²) < 4.78 is 5.08. The van der Waals surface area contributed by atoms with Crippen LogP contribution in [0.25, 0.3) is 11.3 Å². The first-order valence-electron chi connectivity index (χ1n) is 5.36. The number of nitrogens with two attached hydrogens (primary N) is 1. The van der Waals surface area contributed by atoms with Gasteiger partial charge in [-0.2, -0.15) is 0 Å². The topological polar surface area (TPSA) is 68.1 Å². The molecule has 0 saturated carbocycles. The second-order valence-corrected chi connectivity index (χ2v) is 4.34. The molecule has 0 spiro atoms. The molecule has 0 aliphatic heterocycles. The molecule has 4 nitrogen and oxygen atoms in total. The monoisotopic (exact) mass is 264 g/mol. The van der Waals surface area contributed by atoms with Crippen molar-refractivity contribution in [3.8, 4) is 17.0 Å². The molecule has 2 aromatic rings. The second kappa shape index (κ2) is 4.74. The number of ether oxygens (including phenoxy) is 1. The van der Waals surface area contributed by atoms with Crippen LogP contribution in [0.2, 0.25) is 5.02 Å². The molecule has 0 atom stereocenters. The Morgan fingerprint density at radius 3 is 2.61 bits per heavy atom. The Morgan fingerprint density at radius 1 is 1.39 bits per heavy atom. The number of aromatic amines is 1. The van der Waals surface area contributed by atoms with Crippen molar-refractivity contribution in [2.45, 2.75) is 6.92 Å². The number of rotatable bonds is 3. The molecule has 1 amide bonds. The molecule has 2 rings (SSSR count). The minimum Gasteiger partial charge on any atom is -0.497 e. The number of hydrogen-bond donors (Lipinski definition) is 2. The normalized spacial score (nSPS) is 10.4. The van der Waals surface area contributed by atoms with E-state index < -0.39 is 5.91 Å². The summed E-state index contributed by atoms with van der Waals surface area (Å²) in [7, 11) is 1.58. The maximum atomic E-state index is 11.2. The van der Waals surface area contributed by atoms with Crippen LogP contribution in [-0.4, -0.2) is 18.0 Å². The number of nitrogens with one attached hydrogen (secondary N) is 1. The van der Waals surface area contributed by atoms with Crippen molar-refractivity contribution in [1.29, 1.82) is 0 Å². The lowest BCUT2D eigenvalue weighted by Gasteiger charge is -2.04. The van der Waals surface area contributed by atoms with Gasteiger partial charge in [-0.05, 0) is 31.2 Å². The minimum atomic E-state index is -0.459. The van der Waals surface area contributed by atoms with Gasteiger partial charge in [0.05, 0.1) is 17.7 Å². The van der Waals surface area contributed by atoms with Gasteiger partial charge in [-0.25, -0.2) is 0 Å². The van der Waals surface area contributed by atoms with E-state index in [1.807, 2.05) is 6.07 Å². The van der Waals surface area contributed by atoms with Crippen molar-refractivity contribution in [2.75, 3.05) is 7.11 Å². The molecule has 0 bridgehead atoms. The van der Waals surface area contributed by atoms with E-state index in [0.29, 0.717) is 16.3 Å². The van der Waals surface area contributed by atoms with Gasteiger partial charge >= 0.3 is 0 Å². The number of carbonyl (C=O) groups excluding carboxylic acids is 1. The van der Waals surface area contributed by atoms with Gasteiger partial charge in [0.2, 0.25) is 0 Å². The zero-order valence-electron chi connectivity index (χ0n) is 10.1. The Kier molecular flexibility index (Phi) is 3.30. The van der Waals surface area contributed by atoms with Crippen molar-refractivity contribution in [1.82, 2.24) is 4.98 Å². The third kappa shape index (κ3) is 2.19. The lowest BCUT2D eigenvalue weighted by atomic mass is 10.1. The number of halogens is 1. The predicted octanol–water partition coefficient (Wildman–Crippen LogP) is 2.75. The molecular weight excluding hydrogens is 252 g/mol. The van der Waals surface area contributed by atoms with Crippen LogP contribution in [0.5, 0.6) is 5.75 Å². The maximum absolute atomic E-state index is 11.2. The number of benzene rings is 1. The average molecular weight is 265 g/mol. The highest BCUT2D eigenvalue weighted by Gasteiger charge is 2.13. The molecule has 0 aliphatic carbocycles. The highest BCUT2D eigenvalue weighted by Crippen LogP contribution is 2.31. The highest BCUT2D eigenvalue weighted by molar-refractivity contribution is 6.33. The van der Waals surface area contributed by atoms with E-state index in [9.17, 15) is 4.79 Å². The number of methoxy groups -OCH3 is 1.